The van der Waals surface area contributed by atoms with Crippen molar-refractivity contribution in [3.05, 3.63) is 22.3 Å². The van der Waals surface area contributed by atoms with Gasteiger partial charge in [0.25, 0.3) is 0 Å². The number of esters is 2. The van der Waals surface area contributed by atoms with Crippen molar-refractivity contribution in [2.75, 3.05) is 14.2 Å². The van der Waals surface area contributed by atoms with E-state index in [9.17, 15) is 19.2 Å². The minimum Gasteiger partial charge on any atom is -0.469 e. The molecule has 0 spiro atoms. The molecule has 0 aromatic carbocycles. The van der Waals surface area contributed by atoms with Crippen LogP contribution in [0.2, 0.25) is 0 Å². The normalized spacial score (nSPS) is 38.4. The molecule has 0 heterocycles. The van der Waals surface area contributed by atoms with Crippen molar-refractivity contribution in [3.63, 3.8) is 0 Å². The Labute approximate surface area is 163 Å². The van der Waals surface area contributed by atoms with Gasteiger partial charge in [0.1, 0.15) is 0 Å². The van der Waals surface area contributed by atoms with Crippen LogP contribution in [-0.2, 0) is 28.7 Å². The van der Waals surface area contributed by atoms with E-state index < -0.39 is 23.8 Å². The van der Waals surface area contributed by atoms with Crippen molar-refractivity contribution in [1.82, 2.24) is 0 Å². The van der Waals surface area contributed by atoms with Crippen LogP contribution in [0.15, 0.2) is 22.3 Å². The van der Waals surface area contributed by atoms with Crippen LogP contribution in [0.5, 0.6) is 0 Å². The van der Waals surface area contributed by atoms with E-state index in [4.69, 9.17) is 9.47 Å². The second kappa shape index (κ2) is 6.13. The number of ether oxygens (including phenoxy) is 2. The largest absolute Gasteiger partial charge is 0.469 e. The van der Waals surface area contributed by atoms with Crippen LogP contribution in [0, 0.1) is 35.5 Å². The van der Waals surface area contributed by atoms with Gasteiger partial charge in [-0.1, -0.05) is 11.1 Å². The molecule has 28 heavy (non-hydrogen) atoms. The van der Waals surface area contributed by atoms with Crippen LogP contribution in [0.25, 0.3) is 0 Å². The number of ketones is 2. The highest BCUT2D eigenvalue weighted by atomic mass is 16.5. The SMILES string of the molecule is COC(=O)[C@@H]1[C@H](C(=O)OC)[C@@H]2C3=C(CCC3=O)C[C@@H]2[C@@H]2CC3=C(C(=O)CC3)[C@H]21. The van der Waals surface area contributed by atoms with Crippen LogP contribution >= 0.6 is 0 Å². The fourth-order valence-corrected chi connectivity index (χ4v) is 7.01. The lowest BCUT2D eigenvalue weighted by Gasteiger charge is -2.46. The maximum absolute atomic E-state index is 12.9. The lowest BCUT2D eigenvalue weighted by Crippen LogP contribution is -2.52. The van der Waals surface area contributed by atoms with E-state index in [2.05, 4.69) is 0 Å². The Hall–Kier alpha value is -2.24. The molecule has 6 atom stereocenters. The number of carbonyl (C=O) groups excluding carboxylic acids is 4. The summed E-state index contributed by atoms with van der Waals surface area (Å²) in [5.41, 5.74) is 3.84. The van der Waals surface area contributed by atoms with Gasteiger partial charge in [-0.15, -0.1) is 0 Å². The third-order valence-corrected chi connectivity index (χ3v) is 7.88. The molecular weight excluding hydrogens is 360 g/mol. The first-order valence-corrected chi connectivity index (χ1v) is 10.1. The maximum Gasteiger partial charge on any atom is 0.310 e. The lowest BCUT2D eigenvalue weighted by atomic mass is 9.55. The van der Waals surface area contributed by atoms with Gasteiger partial charge in [0.15, 0.2) is 11.6 Å². The summed E-state index contributed by atoms with van der Waals surface area (Å²) in [4.78, 5) is 51.2. The van der Waals surface area contributed by atoms with Crippen molar-refractivity contribution in [2.24, 2.45) is 35.5 Å². The van der Waals surface area contributed by atoms with E-state index in [1.165, 1.54) is 14.2 Å². The molecule has 5 rings (SSSR count). The van der Waals surface area contributed by atoms with Crippen molar-refractivity contribution in [2.45, 2.75) is 38.5 Å². The van der Waals surface area contributed by atoms with E-state index in [1.54, 1.807) is 0 Å². The van der Waals surface area contributed by atoms with Gasteiger partial charge in [0, 0.05) is 24.7 Å². The summed E-state index contributed by atoms with van der Waals surface area (Å²) in [6.07, 6.45) is 4.08. The first-order valence-electron chi connectivity index (χ1n) is 10.1. The average molecular weight is 384 g/mol. The van der Waals surface area contributed by atoms with Gasteiger partial charge in [-0.2, -0.15) is 0 Å². The van der Waals surface area contributed by atoms with E-state index in [0.29, 0.717) is 12.8 Å². The highest BCUT2D eigenvalue weighted by Gasteiger charge is 2.64. The molecule has 0 aromatic heterocycles. The summed E-state index contributed by atoms with van der Waals surface area (Å²) in [6.45, 7) is 0. The number of carbonyl (C=O) groups is 4. The van der Waals surface area contributed by atoms with Gasteiger partial charge < -0.3 is 9.47 Å². The summed E-state index contributed by atoms with van der Waals surface area (Å²) >= 11 is 0. The maximum atomic E-state index is 12.9. The Morgan fingerprint density at radius 3 is 1.46 bits per heavy atom. The molecule has 0 aromatic rings. The smallest absolute Gasteiger partial charge is 0.310 e. The minimum absolute atomic E-state index is 0.105. The fourth-order valence-electron chi connectivity index (χ4n) is 7.01. The first kappa shape index (κ1) is 17.8. The molecule has 0 saturated heterocycles. The number of rotatable bonds is 2. The van der Waals surface area contributed by atoms with Gasteiger partial charge >= 0.3 is 11.9 Å². The van der Waals surface area contributed by atoms with Crippen LogP contribution < -0.4 is 0 Å². The molecule has 0 radical (unpaired) electrons. The van der Waals surface area contributed by atoms with Gasteiger partial charge in [-0.3, -0.25) is 19.2 Å². The average Bonchev–Trinajstić information content (AvgIpc) is 3.42. The molecule has 0 aliphatic heterocycles. The number of methoxy groups -OCH3 is 2. The zero-order valence-electron chi connectivity index (χ0n) is 16.2. The quantitative estimate of drug-likeness (QED) is 0.678. The van der Waals surface area contributed by atoms with Gasteiger partial charge in [0.2, 0.25) is 0 Å². The zero-order chi connectivity index (χ0) is 19.7. The highest BCUT2D eigenvalue weighted by Crippen LogP contribution is 2.64. The predicted molar refractivity (Wildman–Crippen MR) is 96.7 cm³/mol. The third kappa shape index (κ3) is 2.14. The number of Topliss-reactive ketones (excluding diaryl/α,β-unsaturated/α-hetero) is 2. The second-order valence-electron chi connectivity index (χ2n) is 8.77. The Morgan fingerprint density at radius 1 is 0.714 bits per heavy atom. The Morgan fingerprint density at radius 2 is 1.11 bits per heavy atom. The fraction of sp³-hybridized carbons (Fsp3) is 0.636. The Balaban J connectivity index is 1.67. The molecule has 5 aliphatic rings. The zero-order valence-corrected chi connectivity index (χ0v) is 16.2. The molecule has 1 saturated carbocycles. The van der Waals surface area contributed by atoms with Crippen molar-refractivity contribution in [1.29, 1.82) is 0 Å². The molecule has 0 amide bonds. The molecule has 1 fully saturated rings. The molecule has 0 bridgehead atoms. The number of hydrogen-bond acceptors (Lipinski definition) is 6. The lowest BCUT2D eigenvalue weighted by molar-refractivity contribution is -0.168. The number of hydrogen-bond donors (Lipinski definition) is 0. The number of allylic oxidation sites excluding steroid dienone is 4. The molecule has 5 aliphatic carbocycles. The van der Waals surface area contributed by atoms with Crippen molar-refractivity contribution in [3.8, 4) is 0 Å². The summed E-state index contributed by atoms with van der Waals surface area (Å²) in [5.74, 6) is -2.63. The van der Waals surface area contributed by atoms with E-state index in [1.807, 2.05) is 0 Å². The monoisotopic (exact) mass is 384 g/mol. The molecule has 0 unspecified atom stereocenters. The standard InChI is InChI=1S/C22H24O6/c1-27-21(25)19-17-11(7-9-3-5-13(23)15(9)17)12-8-10-4-6-14(24)16(10)18(12)20(19)22(26)28-2/h11-12,17-20H,3-8H2,1-2H3/t11-,12+,17-,18-,19-,20+/m0/s1. The topological polar surface area (TPSA) is 86.7 Å². The number of fused-ring (bicyclic) bond motifs is 5. The summed E-state index contributed by atoms with van der Waals surface area (Å²) in [6, 6.07) is 0. The first-order chi connectivity index (χ1) is 13.5. The molecule has 6 nitrogen and oxygen atoms in total. The summed E-state index contributed by atoms with van der Waals surface area (Å²) in [7, 11) is 2.64. The predicted octanol–water partition coefficient (Wildman–Crippen LogP) is 2.17. The van der Waals surface area contributed by atoms with E-state index >= 15 is 0 Å². The van der Waals surface area contributed by atoms with Crippen LogP contribution in [0.3, 0.4) is 0 Å². The summed E-state index contributed by atoms with van der Waals surface area (Å²) < 4.78 is 10.2. The molecule has 0 N–H and O–H groups in total. The molecule has 148 valence electrons. The van der Waals surface area contributed by atoms with E-state index in [0.717, 1.165) is 48.0 Å². The van der Waals surface area contributed by atoms with Crippen molar-refractivity contribution < 1.29 is 28.7 Å². The van der Waals surface area contributed by atoms with Gasteiger partial charge in [0.05, 0.1) is 26.1 Å². The van der Waals surface area contributed by atoms with Crippen LogP contribution in [0.1, 0.15) is 38.5 Å². The summed E-state index contributed by atoms with van der Waals surface area (Å²) in [5, 5.41) is 0. The van der Waals surface area contributed by atoms with Gasteiger partial charge in [-0.05, 0) is 48.7 Å². The van der Waals surface area contributed by atoms with Crippen LogP contribution in [0.4, 0.5) is 0 Å². The minimum atomic E-state index is -0.765. The van der Waals surface area contributed by atoms with Crippen LogP contribution in [-0.4, -0.2) is 37.7 Å². The third-order valence-electron chi connectivity index (χ3n) is 7.88. The Kier molecular flexibility index (Phi) is 3.90. The second-order valence-corrected chi connectivity index (χ2v) is 8.77. The highest BCUT2D eigenvalue weighted by molar-refractivity contribution is 6.03. The van der Waals surface area contributed by atoms with E-state index in [-0.39, 0.29) is 35.2 Å². The Bertz CT molecular complexity index is 805. The molecule has 6 heteroatoms. The van der Waals surface area contributed by atoms with Crippen molar-refractivity contribution >= 4 is 23.5 Å². The molecular formula is C22H24O6. The van der Waals surface area contributed by atoms with Gasteiger partial charge in [-0.25, -0.2) is 0 Å².